The van der Waals surface area contributed by atoms with Crippen LogP contribution < -0.4 is 16.0 Å². The molecule has 2 heterocycles. The standard InChI is InChI=1S/C20H20F2N6OS/c1-13-6-7-23-17(10-13)28-18-11-16(26-12-27-18)24-8-9-25-19(29)14-4-2-3-5-15(14)30-20(21)22/h2-7,10-12,20H,8-9H2,1H3,(H,25,29)(H2,23,24,26,27,28). The van der Waals surface area contributed by atoms with Crippen LogP contribution in [0.25, 0.3) is 0 Å². The van der Waals surface area contributed by atoms with Crippen LogP contribution in [0.1, 0.15) is 15.9 Å². The van der Waals surface area contributed by atoms with Gasteiger partial charge in [0.15, 0.2) is 0 Å². The lowest BCUT2D eigenvalue weighted by molar-refractivity contribution is 0.0952. The van der Waals surface area contributed by atoms with E-state index in [0.717, 1.165) is 5.56 Å². The van der Waals surface area contributed by atoms with Gasteiger partial charge in [-0.25, -0.2) is 15.0 Å². The Morgan fingerprint density at radius 1 is 1.03 bits per heavy atom. The second-order valence-corrected chi connectivity index (χ2v) is 7.22. The predicted octanol–water partition coefficient (Wildman–Crippen LogP) is 4.08. The molecule has 0 radical (unpaired) electrons. The Labute approximate surface area is 176 Å². The third-order valence-corrected chi connectivity index (χ3v) is 4.69. The van der Waals surface area contributed by atoms with E-state index in [-0.39, 0.29) is 10.5 Å². The van der Waals surface area contributed by atoms with Crippen LogP contribution in [0, 0.1) is 6.92 Å². The number of aromatic nitrogens is 3. The highest BCUT2D eigenvalue weighted by atomic mass is 32.2. The number of pyridine rings is 1. The molecule has 1 aromatic carbocycles. The van der Waals surface area contributed by atoms with E-state index in [9.17, 15) is 13.6 Å². The molecule has 0 saturated heterocycles. The summed E-state index contributed by atoms with van der Waals surface area (Å²) in [6, 6.07) is 11.8. The van der Waals surface area contributed by atoms with Gasteiger partial charge >= 0.3 is 0 Å². The van der Waals surface area contributed by atoms with Crippen LogP contribution in [-0.4, -0.2) is 39.7 Å². The number of rotatable bonds is 9. The topological polar surface area (TPSA) is 91.8 Å². The third kappa shape index (κ3) is 6.38. The normalized spacial score (nSPS) is 10.7. The smallest absolute Gasteiger partial charge is 0.288 e. The molecule has 0 aliphatic carbocycles. The Bertz CT molecular complexity index is 1000. The van der Waals surface area contributed by atoms with Crippen LogP contribution in [0.3, 0.4) is 0 Å². The van der Waals surface area contributed by atoms with Crippen molar-refractivity contribution in [3.05, 3.63) is 66.1 Å². The highest BCUT2D eigenvalue weighted by Gasteiger charge is 2.14. The molecule has 2 aromatic heterocycles. The molecule has 30 heavy (non-hydrogen) atoms. The van der Waals surface area contributed by atoms with Crippen LogP contribution in [0.15, 0.2) is 59.9 Å². The minimum atomic E-state index is -2.59. The van der Waals surface area contributed by atoms with Gasteiger partial charge < -0.3 is 16.0 Å². The fourth-order valence-electron chi connectivity index (χ4n) is 2.57. The number of benzene rings is 1. The number of hydrogen-bond donors (Lipinski definition) is 3. The Hall–Kier alpha value is -3.27. The second kappa shape index (κ2) is 10.5. The fourth-order valence-corrected chi connectivity index (χ4v) is 3.21. The largest absolute Gasteiger partial charge is 0.368 e. The van der Waals surface area contributed by atoms with Gasteiger partial charge in [0.1, 0.15) is 23.8 Å². The van der Waals surface area contributed by atoms with E-state index in [2.05, 4.69) is 30.9 Å². The summed E-state index contributed by atoms with van der Waals surface area (Å²) in [6.45, 7) is 2.66. The minimum Gasteiger partial charge on any atom is -0.368 e. The molecule has 0 fully saturated rings. The van der Waals surface area contributed by atoms with Crippen molar-refractivity contribution in [2.24, 2.45) is 0 Å². The number of aryl methyl sites for hydroxylation is 1. The highest BCUT2D eigenvalue weighted by molar-refractivity contribution is 7.99. The summed E-state index contributed by atoms with van der Waals surface area (Å²) in [4.78, 5) is 25.1. The SMILES string of the molecule is Cc1ccnc(Nc2cc(NCCNC(=O)c3ccccc3SC(F)F)ncn2)c1. The average molecular weight is 430 g/mol. The number of alkyl halides is 2. The molecule has 0 saturated carbocycles. The molecule has 3 rings (SSSR count). The van der Waals surface area contributed by atoms with E-state index < -0.39 is 11.7 Å². The van der Waals surface area contributed by atoms with Gasteiger partial charge in [-0.15, -0.1) is 0 Å². The molecule has 10 heteroatoms. The maximum absolute atomic E-state index is 12.6. The molecule has 0 unspecified atom stereocenters. The molecule has 1 amide bonds. The molecule has 3 N–H and O–H groups in total. The number of halogens is 2. The first-order valence-electron chi connectivity index (χ1n) is 9.09. The van der Waals surface area contributed by atoms with Gasteiger partial charge in [0.2, 0.25) is 0 Å². The van der Waals surface area contributed by atoms with Gasteiger partial charge in [0.05, 0.1) is 5.56 Å². The van der Waals surface area contributed by atoms with Crippen molar-refractivity contribution < 1.29 is 13.6 Å². The molecule has 3 aromatic rings. The van der Waals surface area contributed by atoms with E-state index in [1.807, 2.05) is 19.1 Å². The monoisotopic (exact) mass is 430 g/mol. The van der Waals surface area contributed by atoms with Crippen molar-refractivity contribution in [1.29, 1.82) is 0 Å². The molecule has 7 nitrogen and oxygen atoms in total. The lowest BCUT2D eigenvalue weighted by Crippen LogP contribution is -2.29. The van der Waals surface area contributed by atoms with Crippen molar-refractivity contribution in [3.63, 3.8) is 0 Å². The number of anilines is 3. The van der Waals surface area contributed by atoms with Gasteiger partial charge in [-0.2, -0.15) is 8.78 Å². The number of thioether (sulfide) groups is 1. The summed E-state index contributed by atoms with van der Waals surface area (Å²) in [5, 5.41) is 8.90. The van der Waals surface area contributed by atoms with Crippen molar-refractivity contribution in [1.82, 2.24) is 20.3 Å². The van der Waals surface area contributed by atoms with Crippen LogP contribution in [0.2, 0.25) is 0 Å². The summed E-state index contributed by atoms with van der Waals surface area (Å²) < 4.78 is 25.3. The van der Waals surface area contributed by atoms with Gasteiger partial charge in [-0.3, -0.25) is 4.79 Å². The summed E-state index contributed by atoms with van der Waals surface area (Å²) in [6.07, 6.45) is 3.12. The number of carbonyl (C=O) groups is 1. The van der Waals surface area contributed by atoms with Gasteiger partial charge in [-0.05, 0) is 36.8 Å². The van der Waals surface area contributed by atoms with Crippen LogP contribution in [-0.2, 0) is 0 Å². The zero-order valence-electron chi connectivity index (χ0n) is 16.1. The van der Waals surface area contributed by atoms with Crippen molar-refractivity contribution >= 4 is 35.1 Å². The first-order valence-corrected chi connectivity index (χ1v) is 9.97. The van der Waals surface area contributed by atoms with E-state index in [0.29, 0.717) is 42.3 Å². The summed E-state index contributed by atoms with van der Waals surface area (Å²) in [5.74, 6) is -1.17. The van der Waals surface area contributed by atoms with Gasteiger partial charge in [-0.1, -0.05) is 23.9 Å². The average Bonchev–Trinajstić information content (AvgIpc) is 2.71. The minimum absolute atomic E-state index is 0.224. The summed E-state index contributed by atoms with van der Waals surface area (Å²) in [7, 11) is 0. The quantitative estimate of drug-likeness (QED) is 0.348. The Morgan fingerprint density at radius 3 is 2.60 bits per heavy atom. The molecular formula is C20H20F2N6OS. The predicted molar refractivity (Wildman–Crippen MR) is 113 cm³/mol. The molecule has 0 atom stereocenters. The fraction of sp³-hybridized carbons (Fsp3) is 0.200. The lowest BCUT2D eigenvalue weighted by Gasteiger charge is -2.11. The van der Waals surface area contributed by atoms with E-state index in [1.165, 1.54) is 18.5 Å². The zero-order chi connectivity index (χ0) is 21.3. The number of nitrogens with zero attached hydrogens (tertiary/aromatic N) is 3. The number of hydrogen-bond acceptors (Lipinski definition) is 7. The third-order valence-electron chi connectivity index (χ3n) is 3.90. The van der Waals surface area contributed by atoms with Crippen LogP contribution in [0.5, 0.6) is 0 Å². The maximum Gasteiger partial charge on any atom is 0.288 e. The van der Waals surface area contributed by atoms with E-state index >= 15 is 0 Å². The second-order valence-electron chi connectivity index (χ2n) is 6.19. The van der Waals surface area contributed by atoms with Crippen molar-refractivity contribution in [2.75, 3.05) is 23.7 Å². The molecule has 0 bridgehead atoms. The Balaban J connectivity index is 1.51. The zero-order valence-corrected chi connectivity index (χ0v) is 16.9. The van der Waals surface area contributed by atoms with E-state index in [1.54, 1.807) is 24.4 Å². The van der Waals surface area contributed by atoms with Gasteiger partial charge in [0, 0.05) is 30.2 Å². The molecule has 0 spiro atoms. The molecule has 0 aliphatic heterocycles. The molecule has 156 valence electrons. The first kappa shape index (κ1) is 21.4. The Morgan fingerprint density at radius 2 is 1.80 bits per heavy atom. The lowest BCUT2D eigenvalue weighted by atomic mass is 10.2. The molecular weight excluding hydrogens is 410 g/mol. The number of nitrogens with one attached hydrogen (secondary N) is 3. The number of amides is 1. The van der Waals surface area contributed by atoms with E-state index in [4.69, 9.17) is 0 Å². The van der Waals surface area contributed by atoms with Crippen LogP contribution >= 0.6 is 11.8 Å². The summed E-state index contributed by atoms with van der Waals surface area (Å²) >= 11 is 0.354. The highest BCUT2D eigenvalue weighted by Crippen LogP contribution is 2.28. The van der Waals surface area contributed by atoms with Crippen molar-refractivity contribution in [3.8, 4) is 0 Å². The van der Waals surface area contributed by atoms with Gasteiger partial charge in [0.25, 0.3) is 11.7 Å². The van der Waals surface area contributed by atoms with Crippen molar-refractivity contribution in [2.45, 2.75) is 17.6 Å². The first-order chi connectivity index (χ1) is 14.5. The number of carbonyl (C=O) groups excluding carboxylic acids is 1. The molecule has 0 aliphatic rings. The van der Waals surface area contributed by atoms with Crippen LogP contribution in [0.4, 0.5) is 26.2 Å². The summed E-state index contributed by atoms with van der Waals surface area (Å²) in [5.41, 5.74) is 1.30. The maximum atomic E-state index is 12.6. The Kier molecular flexibility index (Phi) is 7.50.